The van der Waals surface area contributed by atoms with Crippen molar-refractivity contribution >= 4 is 0 Å². The van der Waals surface area contributed by atoms with E-state index in [2.05, 4.69) is 6.07 Å². The molecule has 0 amide bonds. The summed E-state index contributed by atoms with van der Waals surface area (Å²) in [6, 6.07) is 4.66. The second kappa shape index (κ2) is 1.82. The van der Waals surface area contributed by atoms with Crippen molar-refractivity contribution in [2.24, 2.45) is 0 Å². The minimum atomic E-state index is 0.962. The largest absolute Gasteiger partial charge is 0.469 e. The highest BCUT2D eigenvalue weighted by Crippen LogP contribution is 1.97. The summed E-state index contributed by atoms with van der Waals surface area (Å²) in [5.41, 5.74) is 0. The third kappa shape index (κ3) is 0.829. The van der Waals surface area contributed by atoms with E-state index in [0.717, 1.165) is 12.2 Å². The number of hydrogen-bond donors (Lipinski definition) is 0. The molecule has 1 rings (SSSR count). The van der Waals surface area contributed by atoms with Crippen LogP contribution in [0.5, 0.6) is 0 Å². The van der Waals surface area contributed by atoms with E-state index in [9.17, 15) is 0 Å². The van der Waals surface area contributed by atoms with Crippen molar-refractivity contribution < 1.29 is 4.42 Å². The molecule has 0 saturated carbocycles. The van der Waals surface area contributed by atoms with Gasteiger partial charge in [-0.3, -0.25) is 0 Å². The summed E-state index contributed by atoms with van der Waals surface area (Å²) in [7, 11) is 0. The van der Waals surface area contributed by atoms with Gasteiger partial charge in [0.1, 0.15) is 5.76 Å². The molecular formula is C6H7O. The van der Waals surface area contributed by atoms with Gasteiger partial charge in [0.2, 0.25) is 0 Å². The number of furan rings is 1. The van der Waals surface area contributed by atoms with E-state index in [0.29, 0.717) is 0 Å². The quantitative estimate of drug-likeness (QED) is 0.516. The van der Waals surface area contributed by atoms with E-state index in [1.807, 2.05) is 13.0 Å². The Morgan fingerprint density at radius 2 is 2.71 bits per heavy atom. The van der Waals surface area contributed by atoms with Crippen molar-refractivity contribution in [1.29, 1.82) is 0 Å². The van der Waals surface area contributed by atoms with Crippen LogP contribution in [-0.4, -0.2) is 0 Å². The molecule has 1 heteroatoms. The molecule has 0 aliphatic heterocycles. The second-order valence-corrected chi connectivity index (χ2v) is 1.37. The van der Waals surface area contributed by atoms with Crippen LogP contribution in [0.25, 0.3) is 0 Å². The van der Waals surface area contributed by atoms with Crippen molar-refractivity contribution in [3.05, 3.63) is 24.2 Å². The summed E-state index contributed by atoms with van der Waals surface area (Å²) in [5, 5.41) is 0. The van der Waals surface area contributed by atoms with Crippen LogP contribution in [0, 0.1) is 6.07 Å². The van der Waals surface area contributed by atoms with Crippen LogP contribution in [0.15, 0.2) is 16.7 Å². The fraction of sp³-hybridized carbons (Fsp3) is 0.333. The third-order valence-corrected chi connectivity index (χ3v) is 0.871. The molecule has 0 aliphatic rings. The molecule has 1 aromatic heterocycles. The van der Waals surface area contributed by atoms with Gasteiger partial charge in [-0.15, -0.1) is 0 Å². The van der Waals surface area contributed by atoms with Crippen molar-refractivity contribution in [1.82, 2.24) is 0 Å². The Morgan fingerprint density at radius 3 is 3.00 bits per heavy atom. The van der Waals surface area contributed by atoms with Crippen LogP contribution in [0.3, 0.4) is 0 Å². The molecule has 0 spiro atoms. The van der Waals surface area contributed by atoms with Crippen LogP contribution in [0.4, 0.5) is 0 Å². The lowest BCUT2D eigenvalue weighted by Gasteiger charge is -1.79. The summed E-state index contributed by atoms with van der Waals surface area (Å²) in [5.74, 6) is 1.00. The molecule has 37 valence electrons. The molecule has 7 heavy (non-hydrogen) atoms. The fourth-order valence-electron chi connectivity index (χ4n) is 0.456. The molecule has 0 fully saturated rings. The lowest BCUT2D eigenvalue weighted by molar-refractivity contribution is 0.516. The SMILES string of the molecule is CCc1c[c]co1. The van der Waals surface area contributed by atoms with Crippen LogP contribution in [0.1, 0.15) is 12.7 Å². The van der Waals surface area contributed by atoms with Crippen LogP contribution in [-0.2, 0) is 6.42 Å². The van der Waals surface area contributed by atoms with Gasteiger partial charge in [-0.05, 0) is 6.07 Å². The molecule has 1 heterocycles. The first-order valence-electron chi connectivity index (χ1n) is 2.37. The van der Waals surface area contributed by atoms with Crippen LogP contribution < -0.4 is 0 Å². The smallest absolute Gasteiger partial charge is 0.104 e. The maximum absolute atomic E-state index is 4.93. The number of rotatable bonds is 1. The monoisotopic (exact) mass is 95.0 g/mol. The van der Waals surface area contributed by atoms with Gasteiger partial charge < -0.3 is 4.42 Å². The molecule has 0 N–H and O–H groups in total. The highest BCUT2D eigenvalue weighted by Gasteiger charge is 1.85. The van der Waals surface area contributed by atoms with Crippen molar-refractivity contribution in [3.8, 4) is 0 Å². The number of aryl methyl sites for hydroxylation is 1. The van der Waals surface area contributed by atoms with E-state index in [1.54, 1.807) is 6.26 Å². The predicted molar refractivity (Wildman–Crippen MR) is 26.9 cm³/mol. The first kappa shape index (κ1) is 4.44. The Morgan fingerprint density at radius 1 is 1.86 bits per heavy atom. The van der Waals surface area contributed by atoms with Gasteiger partial charge in [0.15, 0.2) is 0 Å². The molecule has 1 nitrogen and oxygen atoms in total. The van der Waals surface area contributed by atoms with Crippen molar-refractivity contribution in [2.75, 3.05) is 0 Å². The lowest BCUT2D eigenvalue weighted by Crippen LogP contribution is -1.66. The fourth-order valence-corrected chi connectivity index (χ4v) is 0.456. The van der Waals surface area contributed by atoms with Gasteiger partial charge in [-0.25, -0.2) is 0 Å². The Hall–Kier alpha value is -0.720. The average Bonchev–Trinajstić information content (AvgIpc) is 2.14. The Kier molecular flexibility index (Phi) is 1.16. The summed E-state index contributed by atoms with van der Waals surface area (Å²) in [6.07, 6.45) is 2.53. The van der Waals surface area contributed by atoms with Crippen molar-refractivity contribution in [3.63, 3.8) is 0 Å². The molecule has 1 radical (unpaired) electrons. The molecule has 0 bridgehead atoms. The summed E-state index contributed by atoms with van der Waals surface area (Å²) < 4.78 is 4.93. The van der Waals surface area contributed by atoms with Gasteiger partial charge in [0.05, 0.1) is 6.26 Å². The summed E-state index contributed by atoms with van der Waals surface area (Å²) in [4.78, 5) is 0. The molecular weight excluding hydrogens is 88.1 g/mol. The lowest BCUT2D eigenvalue weighted by atomic mass is 10.4. The van der Waals surface area contributed by atoms with Crippen molar-refractivity contribution in [2.45, 2.75) is 13.3 Å². The van der Waals surface area contributed by atoms with Gasteiger partial charge in [-0.2, -0.15) is 0 Å². The minimum absolute atomic E-state index is 0.962. The molecule has 1 aromatic rings. The maximum Gasteiger partial charge on any atom is 0.104 e. The highest BCUT2D eigenvalue weighted by molar-refractivity contribution is 4.94. The maximum atomic E-state index is 4.93. The summed E-state index contributed by atoms with van der Waals surface area (Å²) in [6.45, 7) is 2.05. The molecule has 0 aromatic carbocycles. The molecule has 0 atom stereocenters. The second-order valence-electron chi connectivity index (χ2n) is 1.37. The Bertz CT molecular complexity index is 119. The van der Waals surface area contributed by atoms with E-state index >= 15 is 0 Å². The average molecular weight is 95.1 g/mol. The van der Waals surface area contributed by atoms with Gasteiger partial charge in [-0.1, -0.05) is 6.92 Å². The van der Waals surface area contributed by atoms with Crippen LogP contribution in [0.2, 0.25) is 0 Å². The first-order valence-corrected chi connectivity index (χ1v) is 2.37. The van der Waals surface area contributed by atoms with E-state index < -0.39 is 0 Å². The van der Waals surface area contributed by atoms with E-state index in [4.69, 9.17) is 4.42 Å². The standard InChI is InChI=1S/C6H7O/c1-2-6-4-3-5-7-6/h4-5H,2H2,1H3. The zero-order valence-electron chi connectivity index (χ0n) is 4.27. The first-order chi connectivity index (χ1) is 3.43. The molecule has 0 saturated heterocycles. The van der Waals surface area contributed by atoms with Gasteiger partial charge in [0.25, 0.3) is 0 Å². The zero-order valence-corrected chi connectivity index (χ0v) is 4.27. The normalized spacial score (nSPS) is 9.29. The Balaban J connectivity index is 2.76. The Labute approximate surface area is 43.0 Å². The zero-order chi connectivity index (χ0) is 5.11. The van der Waals surface area contributed by atoms with E-state index in [1.165, 1.54) is 0 Å². The molecule has 0 unspecified atom stereocenters. The third-order valence-electron chi connectivity index (χ3n) is 0.871. The van der Waals surface area contributed by atoms with Crippen LogP contribution >= 0.6 is 0 Å². The topological polar surface area (TPSA) is 13.1 Å². The summed E-state index contributed by atoms with van der Waals surface area (Å²) >= 11 is 0. The van der Waals surface area contributed by atoms with Gasteiger partial charge >= 0.3 is 0 Å². The number of hydrogen-bond acceptors (Lipinski definition) is 1. The molecule has 0 aliphatic carbocycles. The minimum Gasteiger partial charge on any atom is -0.469 e. The predicted octanol–water partition coefficient (Wildman–Crippen LogP) is 1.64. The van der Waals surface area contributed by atoms with E-state index in [-0.39, 0.29) is 0 Å². The van der Waals surface area contributed by atoms with Gasteiger partial charge in [0, 0.05) is 12.5 Å². The highest BCUT2D eigenvalue weighted by atomic mass is 16.3.